The topological polar surface area (TPSA) is 77.2 Å². The zero-order valence-corrected chi connectivity index (χ0v) is 14.0. The Labute approximate surface area is 148 Å². The molecule has 0 aliphatic rings. The van der Waals surface area contributed by atoms with E-state index in [-0.39, 0.29) is 17.4 Å². The predicted molar refractivity (Wildman–Crippen MR) is 96.9 cm³/mol. The van der Waals surface area contributed by atoms with Crippen molar-refractivity contribution in [2.24, 2.45) is 0 Å². The number of ether oxygens (including phenoxy) is 1. The summed E-state index contributed by atoms with van der Waals surface area (Å²) in [7, 11) is 0. The number of carbonyl (C=O) groups excluding carboxylic acids is 1. The van der Waals surface area contributed by atoms with Gasteiger partial charge >= 0.3 is 0 Å². The maximum absolute atomic E-state index is 12.9. The fourth-order valence-corrected chi connectivity index (χ4v) is 3.02. The van der Waals surface area contributed by atoms with Crippen LogP contribution < -0.4 is 15.8 Å². The predicted octanol–water partition coefficient (Wildman–Crippen LogP) is 4.05. The third-order valence-electron chi connectivity index (χ3n) is 3.34. The quantitative estimate of drug-likeness (QED) is 0.652. The zero-order valence-electron chi connectivity index (χ0n) is 13.2. The lowest BCUT2D eigenvalue weighted by Crippen LogP contribution is -2.02. The maximum atomic E-state index is 12.9. The number of aromatic nitrogens is 1. The molecule has 0 spiro atoms. The molecule has 1 radical (unpaired) electrons. The minimum atomic E-state index is -0.327. The molecule has 1 heterocycles. The number of hydrogen-bond donors (Lipinski definition) is 2. The molecule has 3 rings (SSSR count). The number of nitrogens with zero attached hydrogens (tertiary/aromatic N) is 1. The first-order chi connectivity index (χ1) is 12.1. The van der Waals surface area contributed by atoms with Gasteiger partial charge in [0.15, 0.2) is 5.13 Å². The van der Waals surface area contributed by atoms with Crippen molar-refractivity contribution >= 4 is 33.8 Å². The molecule has 7 heteroatoms. The minimum absolute atomic E-state index is 0.151. The molecule has 0 atom stereocenters. The van der Waals surface area contributed by atoms with Crippen LogP contribution in [0.1, 0.15) is 15.2 Å². The van der Waals surface area contributed by atoms with Gasteiger partial charge in [0.05, 0.1) is 6.61 Å². The van der Waals surface area contributed by atoms with Crippen molar-refractivity contribution in [3.63, 3.8) is 0 Å². The largest absolute Gasteiger partial charge is 0.494 e. The molecule has 0 fully saturated rings. The van der Waals surface area contributed by atoms with Crippen LogP contribution in [0.15, 0.2) is 48.5 Å². The number of rotatable bonds is 6. The standard InChI is InChI=1S/C18H15FN3O2S/c1-2-24-14-9-3-11(4-10-14)15(23)16-17(20)22-18(25-16)21-13-7-5-12(19)6-8-13/h3-10H,1-2,20H2,(H,21,22). The number of thiazole rings is 1. The van der Waals surface area contributed by atoms with Gasteiger partial charge < -0.3 is 15.8 Å². The molecule has 2 aromatic carbocycles. The van der Waals surface area contributed by atoms with Crippen LogP contribution in [0.2, 0.25) is 0 Å². The van der Waals surface area contributed by atoms with Gasteiger partial charge in [-0.25, -0.2) is 9.37 Å². The summed E-state index contributed by atoms with van der Waals surface area (Å²) in [5, 5.41) is 3.47. The Bertz CT molecular complexity index is 876. The first-order valence-corrected chi connectivity index (χ1v) is 8.24. The molecule has 1 aromatic heterocycles. The Morgan fingerprint density at radius 2 is 1.88 bits per heavy atom. The van der Waals surface area contributed by atoms with E-state index in [1.807, 2.05) is 0 Å². The van der Waals surface area contributed by atoms with Gasteiger partial charge in [0.1, 0.15) is 22.3 Å². The molecular formula is C18H15FN3O2S. The molecule has 5 nitrogen and oxygen atoms in total. The molecule has 0 saturated heterocycles. The Kier molecular flexibility index (Phi) is 4.95. The van der Waals surface area contributed by atoms with Gasteiger partial charge in [0, 0.05) is 11.3 Å². The number of nitrogens with one attached hydrogen (secondary N) is 1. The average Bonchev–Trinajstić information content (AvgIpc) is 2.97. The molecule has 0 unspecified atom stereocenters. The molecule has 0 amide bonds. The van der Waals surface area contributed by atoms with E-state index in [0.717, 1.165) is 11.3 Å². The number of anilines is 3. The van der Waals surface area contributed by atoms with Crippen LogP contribution in [0.3, 0.4) is 0 Å². The van der Waals surface area contributed by atoms with Crippen LogP contribution in [-0.4, -0.2) is 17.4 Å². The highest BCUT2D eigenvalue weighted by molar-refractivity contribution is 7.18. The zero-order chi connectivity index (χ0) is 17.8. The summed E-state index contributed by atoms with van der Waals surface area (Å²) in [6.07, 6.45) is 0. The minimum Gasteiger partial charge on any atom is -0.494 e. The van der Waals surface area contributed by atoms with E-state index in [1.54, 1.807) is 36.4 Å². The molecule has 0 aliphatic carbocycles. The lowest BCUT2D eigenvalue weighted by atomic mass is 10.1. The monoisotopic (exact) mass is 356 g/mol. The Morgan fingerprint density at radius 3 is 2.52 bits per heavy atom. The number of nitrogen functional groups attached to an aromatic ring is 1. The van der Waals surface area contributed by atoms with E-state index in [0.29, 0.717) is 33.6 Å². The summed E-state index contributed by atoms with van der Waals surface area (Å²) in [5.74, 6) is 0.245. The van der Waals surface area contributed by atoms with E-state index in [9.17, 15) is 9.18 Å². The highest BCUT2D eigenvalue weighted by atomic mass is 32.1. The molecule has 3 aromatic rings. The molecule has 127 valence electrons. The SMILES string of the molecule is [CH2]COc1ccc(C(=O)c2sc(Nc3ccc(F)cc3)nc2N)cc1. The third-order valence-corrected chi connectivity index (χ3v) is 4.33. The van der Waals surface area contributed by atoms with Crippen molar-refractivity contribution in [1.82, 2.24) is 4.98 Å². The van der Waals surface area contributed by atoms with Gasteiger partial charge in [0.2, 0.25) is 5.78 Å². The number of hydrogen-bond acceptors (Lipinski definition) is 6. The summed E-state index contributed by atoms with van der Waals surface area (Å²) in [6, 6.07) is 12.6. The molecule has 25 heavy (non-hydrogen) atoms. The second-order valence-electron chi connectivity index (χ2n) is 5.07. The van der Waals surface area contributed by atoms with E-state index in [1.165, 1.54) is 12.1 Å². The van der Waals surface area contributed by atoms with Gasteiger partial charge in [-0.2, -0.15) is 0 Å². The fourth-order valence-electron chi connectivity index (χ4n) is 2.16. The van der Waals surface area contributed by atoms with Crippen molar-refractivity contribution in [2.75, 3.05) is 17.7 Å². The molecule has 3 N–H and O–H groups in total. The van der Waals surface area contributed by atoms with Crippen molar-refractivity contribution in [3.8, 4) is 5.75 Å². The lowest BCUT2D eigenvalue weighted by Gasteiger charge is -2.03. The van der Waals surface area contributed by atoms with Crippen LogP contribution >= 0.6 is 11.3 Å². The van der Waals surface area contributed by atoms with E-state index in [4.69, 9.17) is 10.5 Å². The van der Waals surface area contributed by atoms with Crippen molar-refractivity contribution in [2.45, 2.75) is 0 Å². The van der Waals surface area contributed by atoms with Gasteiger partial charge in [0.25, 0.3) is 0 Å². The molecule has 0 saturated carbocycles. The van der Waals surface area contributed by atoms with E-state index in [2.05, 4.69) is 17.2 Å². The molecule has 0 bridgehead atoms. The van der Waals surface area contributed by atoms with Crippen molar-refractivity contribution < 1.29 is 13.9 Å². The molecular weight excluding hydrogens is 341 g/mol. The number of nitrogens with two attached hydrogens (primary N) is 1. The van der Waals surface area contributed by atoms with E-state index < -0.39 is 0 Å². The smallest absolute Gasteiger partial charge is 0.206 e. The van der Waals surface area contributed by atoms with Crippen molar-refractivity contribution in [3.05, 3.63) is 71.7 Å². The fraction of sp³-hybridized carbons (Fsp3) is 0.0556. The van der Waals surface area contributed by atoms with Crippen LogP contribution in [0.4, 0.5) is 21.0 Å². The van der Waals surface area contributed by atoms with Gasteiger partial charge in [-0.15, -0.1) is 0 Å². The van der Waals surface area contributed by atoms with E-state index >= 15 is 0 Å². The summed E-state index contributed by atoms with van der Waals surface area (Å²) >= 11 is 1.14. The average molecular weight is 356 g/mol. The number of benzene rings is 2. The van der Waals surface area contributed by atoms with Crippen LogP contribution in [0.5, 0.6) is 5.75 Å². The summed E-state index contributed by atoms with van der Waals surface area (Å²) in [6.45, 7) is 3.91. The normalized spacial score (nSPS) is 10.5. The van der Waals surface area contributed by atoms with Crippen LogP contribution in [-0.2, 0) is 0 Å². The number of halogens is 1. The Hall–Kier alpha value is -2.93. The van der Waals surface area contributed by atoms with Crippen LogP contribution in [0.25, 0.3) is 0 Å². The highest BCUT2D eigenvalue weighted by Crippen LogP contribution is 2.30. The number of carbonyl (C=O) groups is 1. The first kappa shape index (κ1) is 16.9. The molecule has 0 aliphatic heterocycles. The highest BCUT2D eigenvalue weighted by Gasteiger charge is 2.18. The van der Waals surface area contributed by atoms with Gasteiger partial charge in [-0.3, -0.25) is 4.79 Å². The second-order valence-corrected chi connectivity index (χ2v) is 6.07. The van der Waals surface area contributed by atoms with Crippen molar-refractivity contribution in [1.29, 1.82) is 0 Å². The summed E-state index contributed by atoms with van der Waals surface area (Å²) in [4.78, 5) is 17.1. The van der Waals surface area contributed by atoms with Gasteiger partial charge in [-0.05, 0) is 55.5 Å². The lowest BCUT2D eigenvalue weighted by molar-refractivity contribution is 0.104. The van der Waals surface area contributed by atoms with Gasteiger partial charge in [-0.1, -0.05) is 11.3 Å². The summed E-state index contributed by atoms with van der Waals surface area (Å²) < 4.78 is 18.2. The number of ketones is 1. The maximum Gasteiger partial charge on any atom is 0.206 e. The second kappa shape index (κ2) is 7.31. The Balaban J connectivity index is 1.79. The summed E-state index contributed by atoms with van der Waals surface area (Å²) in [5.41, 5.74) is 7.02. The first-order valence-electron chi connectivity index (χ1n) is 7.42. The Morgan fingerprint density at radius 1 is 1.20 bits per heavy atom. The third kappa shape index (κ3) is 3.95. The van der Waals surface area contributed by atoms with Crippen LogP contribution in [0, 0.1) is 12.7 Å².